The number of rotatable bonds is 6. The van der Waals surface area contributed by atoms with Gasteiger partial charge in [-0.1, -0.05) is 0 Å². The molecule has 2 saturated heterocycles. The van der Waals surface area contributed by atoms with Crippen molar-refractivity contribution >= 4 is 11.8 Å². The largest absolute Gasteiger partial charge is 0.381 e. The Morgan fingerprint density at radius 1 is 1.19 bits per heavy atom. The number of piperidine rings is 1. The van der Waals surface area contributed by atoms with Crippen LogP contribution < -0.4 is 0 Å². The van der Waals surface area contributed by atoms with Gasteiger partial charge in [0.2, 0.25) is 11.8 Å². The molecular weight excluding hydrogens is 354 g/mol. The van der Waals surface area contributed by atoms with Crippen molar-refractivity contribution in [2.24, 2.45) is 5.41 Å². The van der Waals surface area contributed by atoms with E-state index in [4.69, 9.17) is 4.74 Å². The average molecular weight is 380 g/mol. The Hall–Kier alpha value is -2.02. The van der Waals surface area contributed by atoms with Crippen molar-refractivity contribution in [1.82, 2.24) is 9.80 Å². The van der Waals surface area contributed by atoms with Crippen molar-refractivity contribution in [3.8, 4) is 0 Å². The summed E-state index contributed by atoms with van der Waals surface area (Å²) in [5.41, 5.74) is 0.320. The summed E-state index contributed by atoms with van der Waals surface area (Å²) in [4.78, 5) is 28.2. The predicted octanol–water partition coefficient (Wildman–Crippen LogP) is 2.73. The maximum Gasteiger partial charge on any atom is 0.224 e. The number of likely N-dealkylation sites (tertiary alicyclic amines) is 2. The predicted molar refractivity (Wildman–Crippen MR) is 95.7 cm³/mol. The van der Waals surface area contributed by atoms with E-state index in [9.17, 15) is 18.4 Å². The van der Waals surface area contributed by atoms with E-state index in [2.05, 4.69) is 0 Å². The number of benzene rings is 1. The van der Waals surface area contributed by atoms with Crippen molar-refractivity contribution < 1.29 is 23.1 Å². The topological polar surface area (TPSA) is 49.9 Å². The van der Waals surface area contributed by atoms with Crippen molar-refractivity contribution in [3.63, 3.8) is 0 Å². The number of amides is 2. The Morgan fingerprint density at radius 3 is 2.48 bits per heavy atom. The molecule has 1 aromatic carbocycles. The zero-order valence-corrected chi connectivity index (χ0v) is 15.7. The molecule has 7 heteroatoms. The quantitative estimate of drug-likeness (QED) is 0.713. The van der Waals surface area contributed by atoms with Crippen LogP contribution in [0.25, 0.3) is 0 Å². The van der Waals surface area contributed by atoms with E-state index in [0.717, 1.165) is 18.9 Å². The Morgan fingerprint density at radius 2 is 1.85 bits per heavy atom. The molecule has 5 nitrogen and oxygen atoms in total. The first-order valence-electron chi connectivity index (χ1n) is 9.49. The summed E-state index contributed by atoms with van der Waals surface area (Å²) in [6, 6.07) is 3.36. The Kier molecular flexibility index (Phi) is 6.09. The average Bonchev–Trinajstić information content (AvgIpc) is 2.89. The molecule has 1 aromatic rings. The summed E-state index contributed by atoms with van der Waals surface area (Å²) in [6.07, 6.45) is 2.36. The molecule has 0 saturated carbocycles. The van der Waals surface area contributed by atoms with Crippen LogP contribution in [0.15, 0.2) is 18.2 Å². The van der Waals surface area contributed by atoms with E-state index < -0.39 is 11.6 Å². The first kappa shape index (κ1) is 19.7. The minimum Gasteiger partial charge on any atom is -0.381 e. The highest BCUT2D eigenvalue weighted by Gasteiger charge is 2.45. The zero-order valence-electron chi connectivity index (χ0n) is 15.7. The fourth-order valence-corrected chi connectivity index (χ4v) is 4.08. The Bertz CT molecular complexity index is 682. The van der Waals surface area contributed by atoms with E-state index in [1.807, 2.05) is 11.8 Å². The van der Waals surface area contributed by atoms with Crippen molar-refractivity contribution in [2.75, 3.05) is 32.8 Å². The normalized spacial score (nSPS) is 19.1. The summed E-state index contributed by atoms with van der Waals surface area (Å²) in [5, 5.41) is 0. The lowest BCUT2D eigenvalue weighted by atomic mass is 9.77. The number of carbonyl (C=O) groups excluding carboxylic acids is 2. The van der Waals surface area contributed by atoms with Crippen LogP contribution >= 0.6 is 0 Å². The van der Waals surface area contributed by atoms with Gasteiger partial charge in [0.1, 0.15) is 11.6 Å². The molecule has 3 rings (SSSR count). The molecule has 2 fully saturated rings. The fraction of sp³-hybridized carbons (Fsp3) is 0.600. The summed E-state index contributed by atoms with van der Waals surface area (Å²) < 4.78 is 32.0. The van der Waals surface area contributed by atoms with Gasteiger partial charge in [-0.2, -0.15) is 0 Å². The van der Waals surface area contributed by atoms with E-state index in [-0.39, 0.29) is 23.8 Å². The highest BCUT2D eigenvalue weighted by Crippen LogP contribution is 2.41. The monoisotopic (exact) mass is 380 g/mol. The molecule has 0 radical (unpaired) electrons. The van der Waals surface area contributed by atoms with E-state index in [1.54, 1.807) is 4.90 Å². The zero-order chi connectivity index (χ0) is 19.4. The molecule has 0 bridgehead atoms. The lowest BCUT2D eigenvalue weighted by Gasteiger charge is -2.38. The van der Waals surface area contributed by atoms with Gasteiger partial charge in [-0.25, -0.2) is 8.78 Å². The van der Waals surface area contributed by atoms with Gasteiger partial charge in [0.25, 0.3) is 0 Å². The summed E-state index contributed by atoms with van der Waals surface area (Å²) >= 11 is 0. The third-order valence-electron chi connectivity index (χ3n) is 5.54. The van der Waals surface area contributed by atoms with Gasteiger partial charge < -0.3 is 14.5 Å². The van der Waals surface area contributed by atoms with Crippen molar-refractivity contribution in [1.29, 1.82) is 0 Å². The van der Waals surface area contributed by atoms with Gasteiger partial charge in [-0.3, -0.25) is 9.59 Å². The van der Waals surface area contributed by atoms with Gasteiger partial charge >= 0.3 is 0 Å². The maximum absolute atomic E-state index is 13.4. The van der Waals surface area contributed by atoms with Crippen molar-refractivity contribution in [3.05, 3.63) is 35.4 Å². The van der Waals surface area contributed by atoms with Gasteiger partial charge in [-0.05, 0) is 37.5 Å². The van der Waals surface area contributed by atoms with Crippen LogP contribution in [0.1, 0.15) is 38.2 Å². The number of carbonyl (C=O) groups is 2. The molecule has 2 aliphatic rings. The first-order chi connectivity index (χ1) is 12.9. The lowest BCUT2D eigenvalue weighted by molar-refractivity contribution is -0.134. The first-order valence-corrected chi connectivity index (χ1v) is 9.49. The second kappa shape index (κ2) is 8.33. The highest BCUT2D eigenvalue weighted by molar-refractivity contribution is 5.80. The molecule has 0 N–H and O–H groups in total. The van der Waals surface area contributed by atoms with Crippen molar-refractivity contribution in [2.45, 2.75) is 39.2 Å². The molecule has 0 aromatic heterocycles. The number of nitrogens with zero attached hydrogens (tertiary/aromatic N) is 2. The van der Waals surface area contributed by atoms with Crippen LogP contribution in [0.4, 0.5) is 8.78 Å². The van der Waals surface area contributed by atoms with Crippen LogP contribution in [-0.2, 0) is 20.9 Å². The molecular formula is C20H26F2N2O3. The maximum atomic E-state index is 13.4. The SMILES string of the molecule is CCOCCC(=O)N1CCC2(CC1)CC(=O)N(Cc1cc(F)cc(F)c1)C2. The van der Waals surface area contributed by atoms with E-state index in [1.165, 1.54) is 12.1 Å². The molecule has 148 valence electrons. The fourth-order valence-electron chi connectivity index (χ4n) is 4.08. The smallest absolute Gasteiger partial charge is 0.224 e. The van der Waals surface area contributed by atoms with Crippen LogP contribution in [-0.4, -0.2) is 54.5 Å². The van der Waals surface area contributed by atoms with Crippen LogP contribution in [0.3, 0.4) is 0 Å². The minimum atomic E-state index is -0.634. The molecule has 2 aliphatic heterocycles. The second-order valence-electron chi connectivity index (χ2n) is 7.53. The minimum absolute atomic E-state index is 0.00999. The van der Waals surface area contributed by atoms with Gasteiger partial charge in [-0.15, -0.1) is 0 Å². The molecule has 2 amide bonds. The van der Waals surface area contributed by atoms with E-state index in [0.29, 0.717) is 51.3 Å². The van der Waals surface area contributed by atoms with Crippen LogP contribution in [0.2, 0.25) is 0 Å². The number of ether oxygens (including phenoxy) is 1. The van der Waals surface area contributed by atoms with Gasteiger partial charge in [0, 0.05) is 50.7 Å². The molecule has 2 heterocycles. The number of halogens is 2. The molecule has 27 heavy (non-hydrogen) atoms. The number of hydrogen-bond donors (Lipinski definition) is 0. The van der Waals surface area contributed by atoms with Gasteiger partial charge in [0.15, 0.2) is 0 Å². The van der Waals surface area contributed by atoms with Crippen LogP contribution in [0, 0.1) is 17.0 Å². The summed E-state index contributed by atoms with van der Waals surface area (Å²) in [6.45, 7) is 5.01. The van der Waals surface area contributed by atoms with E-state index >= 15 is 0 Å². The van der Waals surface area contributed by atoms with Gasteiger partial charge in [0.05, 0.1) is 13.0 Å². The molecule has 0 aliphatic carbocycles. The Balaban J connectivity index is 1.55. The summed E-state index contributed by atoms with van der Waals surface area (Å²) in [7, 11) is 0. The third-order valence-corrected chi connectivity index (χ3v) is 5.54. The summed E-state index contributed by atoms with van der Waals surface area (Å²) in [5.74, 6) is -1.17. The molecule has 0 atom stereocenters. The Labute approximate surface area is 158 Å². The highest BCUT2D eigenvalue weighted by atomic mass is 19.1. The third kappa shape index (κ3) is 4.83. The standard InChI is InChI=1S/C20H26F2N2O3/c1-2-27-8-3-18(25)23-6-4-20(5-7-23)12-19(26)24(14-20)13-15-9-16(21)11-17(22)10-15/h9-11H,2-8,12-14H2,1H3. The molecule has 1 spiro atoms. The lowest BCUT2D eigenvalue weighted by Crippen LogP contribution is -2.44. The second-order valence-corrected chi connectivity index (χ2v) is 7.53. The molecule has 0 unspecified atom stereocenters. The number of hydrogen-bond acceptors (Lipinski definition) is 3. The van der Waals surface area contributed by atoms with Crippen LogP contribution in [0.5, 0.6) is 0 Å².